The molecule has 0 amide bonds. The maximum atomic E-state index is 5.80. The average molecular weight is 304 g/mol. The topological polar surface area (TPSA) is 30.7 Å². The lowest BCUT2D eigenvalue weighted by molar-refractivity contribution is 0.702. The van der Waals surface area contributed by atoms with Crippen molar-refractivity contribution in [1.29, 1.82) is 0 Å². The fraction of sp³-hybridized carbons (Fsp3) is 0.200. The van der Waals surface area contributed by atoms with E-state index >= 15 is 0 Å². The highest BCUT2D eigenvalue weighted by Gasteiger charge is 2.09. The van der Waals surface area contributed by atoms with Crippen LogP contribution in [0.2, 0.25) is 5.15 Å². The Hall–Kier alpha value is -1.52. The summed E-state index contributed by atoms with van der Waals surface area (Å²) >= 11 is 7.52. The van der Waals surface area contributed by atoms with Gasteiger partial charge in [-0.15, -0.1) is 0 Å². The number of para-hydroxylation sites is 2. The van der Waals surface area contributed by atoms with Crippen LogP contribution in [0.3, 0.4) is 0 Å². The van der Waals surface area contributed by atoms with Crippen LogP contribution in [-0.2, 0) is 12.3 Å². The maximum Gasteiger partial charge on any atom is 0.169 e. The van der Waals surface area contributed by atoms with E-state index in [1.165, 1.54) is 5.52 Å². The second kappa shape index (κ2) is 5.85. The van der Waals surface area contributed by atoms with E-state index in [1.54, 1.807) is 11.8 Å². The molecule has 0 aliphatic rings. The molecule has 0 fully saturated rings. The van der Waals surface area contributed by atoms with Gasteiger partial charge in [-0.25, -0.2) is 9.97 Å². The molecule has 0 saturated heterocycles. The molecule has 3 rings (SSSR count). The summed E-state index contributed by atoms with van der Waals surface area (Å²) < 4.78 is 2.24. The number of hydrogen-bond donors (Lipinski definition) is 0. The van der Waals surface area contributed by atoms with Gasteiger partial charge in [-0.1, -0.05) is 41.6 Å². The summed E-state index contributed by atoms with van der Waals surface area (Å²) in [4.78, 5) is 8.80. The molecule has 20 heavy (non-hydrogen) atoms. The molecule has 3 nitrogen and oxygen atoms in total. The monoisotopic (exact) mass is 303 g/mol. The molecule has 0 aliphatic carbocycles. The molecule has 0 spiro atoms. The van der Waals surface area contributed by atoms with Gasteiger partial charge in [-0.3, -0.25) is 0 Å². The number of thioether (sulfide) groups is 1. The molecule has 0 saturated carbocycles. The molecule has 0 aliphatic heterocycles. The van der Waals surface area contributed by atoms with Crippen LogP contribution in [0.15, 0.2) is 47.8 Å². The van der Waals surface area contributed by atoms with Crippen LogP contribution < -0.4 is 0 Å². The normalized spacial score (nSPS) is 11.1. The summed E-state index contributed by atoms with van der Waals surface area (Å²) in [6, 6.07) is 12.1. The van der Waals surface area contributed by atoms with E-state index in [0.29, 0.717) is 5.15 Å². The van der Waals surface area contributed by atoms with Crippen LogP contribution in [0.25, 0.3) is 11.0 Å². The first-order chi connectivity index (χ1) is 9.78. The predicted molar refractivity (Wildman–Crippen MR) is 84.2 cm³/mol. The minimum absolute atomic E-state index is 0.527. The summed E-state index contributed by atoms with van der Waals surface area (Å²) in [7, 11) is 0. The van der Waals surface area contributed by atoms with Crippen LogP contribution in [0.1, 0.15) is 12.5 Å². The third-order valence-corrected chi connectivity index (χ3v) is 4.36. The average Bonchev–Trinajstić information content (AvgIpc) is 2.84. The smallest absolute Gasteiger partial charge is 0.169 e. The molecule has 0 N–H and O–H groups in total. The van der Waals surface area contributed by atoms with Crippen molar-refractivity contribution in [1.82, 2.24) is 14.5 Å². The number of fused-ring (bicyclic) bond motifs is 1. The van der Waals surface area contributed by atoms with Crippen molar-refractivity contribution in [3.63, 3.8) is 0 Å². The first kappa shape index (κ1) is 13.5. The summed E-state index contributed by atoms with van der Waals surface area (Å²) in [6.45, 7) is 3.06. The van der Waals surface area contributed by atoms with Crippen molar-refractivity contribution < 1.29 is 0 Å². The number of halogens is 1. The van der Waals surface area contributed by atoms with Gasteiger partial charge in [0.05, 0.1) is 11.0 Å². The number of aromatic nitrogens is 3. The van der Waals surface area contributed by atoms with E-state index in [4.69, 9.17) is 16.6 Å². The largest absolute Gasteiger partial charge is 0.319 e. The third-order valence-electron chi connectivity index (χ3n) is 3.09. The highest BCUT2D eigenvalue weighted by Crippen LogP contribution is 2.26. The number of hydrogen-bond acceptors (Lipinski definition) is 3. The van der Waals surface area contributed by atoms with Crippen molar-refractivity contribution in [2.45, 2.75) is 24.4 Å². The number of aryl methyl sites for hydroxylation is 1. The minimum atomic E-state index is 0.527. The summed E-state index contributed by atoms with van der Waals surface area (Å²) in [5, 5.41) is 1.57. The Bertz CT molecular complexity index is 722. The number of benzene rings is 1. The van der Waals surface area contributed by atoms with Gasteiger partial charge < -0.3 is 4.57 Å². The molecule has 5 heteroatoms. The lowest BCUT2D eigenvalue weighted by Crippen LogP contribution is -1.96. The molecule has 0 unspecified atom stereocenters. The lowest BCUT2D eigenvalue weighted by Gasteiger charge is -2.05. The van der Waals surface area contributed by atoms with Crippen LogP contribution in [-0.4, -0.2) is 14.5 Å². The van der Waals surface area contributed by atoms with Gasteiger partial charge in [0.15, 0.2) is 5.16 Å². The van der Waals surface area contributed by atoms with Crippen molar-refractivity contribution >= 4 is 34.4 Å². The molecular formula is C15H14ClN3S. The van der Waals surface area contributed by atoms with Gasteiger partial charge in [-0.05, 0) is 30.7 Å². The molecule has 1 aromatic carbocycles. The summed E-state index contributed by atoms with van der Waals surface area (Å²) in [6.07, 6.45) is 1.81. The zero-order valence-electron chi connectivity index (χ0n) is 11.1. The van der Waals surface area contributed by atoms with E-state index in [1.807, 2.05) is 30.5 Å². The van der Waals surface area contributed by atoms with Gasteiger partial charge in [0.2, 0.25) is 0 Å². The molecule has 2 aromatic heterocycles. The highest BCUT2D eigenvalue weighted by atomic mass is 35.5. The molecule has 3 aromatic rings. The highest BCUT2D eigenvalue weighted by molar-refractivity contribution is 7.98. The Kier molecular flexibility index (Phi) is 3.94. The SMILES string of the molecule is CCn1c(SCc2ccc(Cl)nc2)nc2ccccc21. The zero-order valence-corrected chi connectivity index (χ0v) is 12.7. The molecular weight excluding hydrogens is 290 g/mol. The Labute approximate surface area is 127 Å². The van der Waals surface area contributed by atoms with Gasteiger partial charge in [0.25, 0.3) is 0 Å². The predicted octanol–water partition coefficient (Wildman–Crippen LogP) is 4.40. The Balaban J connectivity index is 1.85. The third kappa shape index (κ3) is 2.67. The number of pyridine rings is 1. The van der Waals surface area contributed by atoms with Gasteiger partial charge in [-0.2, -0.15) is 0 Å². The first-order valence-electron chi connectivity index (χ1n) is 6.46. The standard InChI is InChI=1S/C15H14ClN3S/c1-2-19-13-6-4-3-5-12(13)18-15(19)20-10-11-7-8-14(16)17-9-11/h3-9H,2,10H2,1H3. The quantitative estimate of drug-likeness (QED) is 0.529. The Morgan fingerprint density at radius 3 is 2.80 bits per heavy atom. The fourth-order valence-corrected chi connectivity index (χ4v) is 3.23. The molecule has 0 radical (unpaired) electrons. The number of nitrogens with zero attached hydrogens (tertiary/aromatic N) is 3. The molecule has 0 atom stereocenters. The van der Waals surface area contributed by atoms with Crippen molar-refractivity contribution in [3.05, 3.63) is 53.3 Å². The Morgan fingerprint density at radius 2 is 2.05 bits per heavy atom. The van der Waals surface area contributed by atoms with E-state index in [-0.39, 0.29) is 0 Å². The number of rotatable bonds is 4. The summed E-state index contributed by atoms with van der Waals surface area (Å²) in [5.41, 5.74) is 3.38. The first-order valence-corrected chi connectivity index (χ1v) is 7.83. The van der Waals surface area contributed by atoms with Gasteiger partial charge in [0, 0.05) is 18.5 Å². The van der Waals surface area contributed by atoms with E-state index in [9.17, 15) is 0 Å². The van der Waals surface area contributed by atoms with E-state index in [0.717, 1.165) is 28.5 Å². The molecule has 102 valence electrons. The molecule has 2 heterocycles. The van der Waals surface area contributed by atoms with Crippen molar-refractivity contribution in [2.75, 3.05) is 0 Å². The van der Waals surface area contributed by atoms with Crippen LogP contribution >= 0.6 is 23.4 Å². The lowest BCUT2D eigenvalue weighted by atomic mass is 10.3. The summed E-state index contributed by atoms with van der Waals surface area (Å²) in [5.74, 6) is 0.841. The second-order valence-corrected chi connectivity index (χ2v) is 5.73. The van der Waals surface area contributed by atoms with Crippen molar-refractivity contribution in [2.24, 2.45) is 0 Å². The van der Waals surface area contributed by atoms with Crippen LogP contribution in [0.4, 0.5) is 0 Å². The zero-order chi connectivity index (χ0) is 13.9. The maximum absolute atomic E-state index is 5.80. The van der Waals surface area contributed by atoms with Crippen LogP contribution in [0, 0.1) is 0 Å². The molecule has 0 bridgehead atoms. The van der Waals surface area contributed by atoms with Crippen molar-refractivity contribution in [3.8, 4) is 0 Å². The minimum Gasteiger partial charge on any atom is -0.319 e. The van der Waals surface area contributed by atoms with E-state index in [2.05, 4.69) is 28.6 Å². The Morgan fingerprint density at radius 1 is 1.20 bits per heavy atom. The van der Waals surface area contributed by atoms with Gasteiger partial charge in [0.1, 0.15) is 5.15 Å². The number of imidazole rings is 1. The van der Waals surface area contributed by atoms with Gasteiger partial charge >= 0.3 is 0 Å². The van der Waals surface area contributed by atoms with E-state index < -0.39 is 0 Å². The van der Waals surface area contributed by atoms with Crippen LogP contribution in [0.5, 0.6) is 0 Å². The fourth-order valence-electron chi connectivity index (χ4n) is 2.11. The second-order valence-electron chi connectivity index (χ2n) is 4.41.